The van der Waals surface area contributed by atoms with Gasteiger partial charge in [0, 0.05) is 6.42 Å². The van der Waals surface area contributed by atoms with E-state index in [1.54, 1.807) is 0 Å². The molecule has 0 spiro atoms. The number of hydrogen-bond donors (Lipinski definition) is 0. The molecule has 62 valence electrons. The number of allylic oxidation sites excluding steroid dienone is 3. The molecule has 0 aliphatic carbocycles. The summed E-state index contributed by atoms with van der Waals surface area (Å²) in [7, 11) is 4.06. The number of rotatable bonds is 3. The van der Waals surface area contributed by atoms with Gasteiger partial charge >= 0.3 is 0 Å². The predicted molar refractivity (Wildman–Crippen MR) is 51.4 cm³/mol. The molecule has 0 unspecified atom stereocenters. The zero-order chi connectivity index (χ0) is 8.85. The second-order valence-corrected chi connectivity index (χ2v) is 3.05. The van der Waals surface area contributed by atoms with Crippen molar-refractivity contribution in [2.75, 3.05) is 14.1 Å². The second-order valence-electron chi connectivity index (χ2n) is 3.05. The van der Waals surface area contributed by atoms with Gasteiger partial charge in [-0.15, -0.1) is 0 Å². The molecule has 1 nitrogen and oxygen atoms in total. The smallest absolute Gasteiger partial charge is 0.142 e. The van der Waals surface area contributed by atoms with Gasteiger partial charge in [-0.3, -0.25) is 0 Å². The van der Waals surface area contributed by atoms with Crippen LogP contribution in [-0.4, -0.2) is 24.9 Å². The van der Waals surface area contributed by atoms with Crippen LogP contribution in [0.25, 0.3) is 0 Å². The normalized spacial score (nSPS) is 11.1. The molecule has 0 N–H and O–H groups in total. The predicted octanol–water partition coefficient (Wildman–Crippen LogP) is 2.24. The fraction of sp³-hybridized carbons (Fsp3) is 0.500. The monoisotopic (exact) mass is 152 g/mol. The van der Waals surface area contributed by atoms with Crippen LogP contribution in [-0.2, 0) is 0 Å². The largest absolute Gasteiger partial charge is 0.245 e. The Kier molecular flexibility index (Phi) is 4.51. The van der Waals surface area contributed by atoms with Gasteiger partial charge in [-0.2, -0.15) is 0 Å². The quantitative estimate of drug-likeness (QED) is 0.331. The maximum absolute atomic E-state index is 3.86. The van der Waals surface area contributed by atoms with E-state index in [0.29, 0.717) is 0 Å². The molecular formula is C10H18N+. The van der Waals surface area contributed by atoms with Crippen LogP contribution in [0.15, 0.2) is 23.8 Å². The Labute approximate surface area is 69.7 Å². The van der Waals surface area contributed by atoms with Crippen molar-refractivity contribution in [3.05, 3.63) is 23.8 Å². The van der Waals surface area contributed by atoms with E-state index < -0.39 is 0 Å². The second kappa shape index (κ2) is 4.89. The summed E-state index contributed by atoms with van der Waals surface area (Å²) in [5.41, 5.74) is 2.43. The SMILES string of the molecule is C=C(C)C(C)=CCC=[N+](C)C. The van der Waals surface area contributed by atoms with Crippen molar-refractivity contribution in [1.29, 1.82) is 0 Å². The Hall–Kier alpha value is -0.850. The van der Waals surface area contributed by atoms with Gasteiger partial charge < -0.3 is 0 Å². The molecule has 0 aliphatic rings. The third-order valence-electron chi connectivity index (χ3n) is 1.57. The fourth-order valence-electron chi connectivity index (χ4n) is 0.615. The van der Waals surface area contributed by atoms with Crippen molar-refractivity contribution in [3.63, 3.8) is 0 Å². The minimum Gasteiger partial charge on any atom is -0.245 e. The van der Waals surface area contributed by atoms with Crippen LogP contribution in [0.5, 0.6) is 0 Å². The molecule has 0 fully saturated rings. The van der Waals surface area contributed by atoms with E-state index in [1.807, 2.05) is 21.0 Å². The first kappa shape index (κ1) is 10.2. The summed E-state index contributed by atoms with van der Waals surface area (Å²) in [5.74, 6) is 0. The Bertz CT molecular complexity index is 193. The first-order chi connectivity index (χ1) is 5.04. The lowest BCUT2D eigenvalue weighted by molar-refractivity contribution is -0.460. The topological polar surface area (TPSA) is 3.01 Å². The lowest BCUT2D eigenvalue weighted by Crippen LogP contribution is -1.97. The molecule has 0 amide bonds. The number of hydrogen-bond acceptors (Lipinski definition) is 0. The lowest BCUT2D eigenvalue weighted by Gasteiger charge is -1.95. The van der Waals surface area contributed by atoms with E-state index in [1.165, 1.54) is 5.57 Å². The summed E-state index contributed by atoms with van der Waals surface area (Å²) in [5, 5.41) is 0. The molecule has 0 radical (unpaired) electrons. The molecule has 0 rings (SSSR count). The summed E-state index contributed by atoms with van der Waals surface area (Å²) in [4.78, 5) is 0. The Balaban J connectivity index is 3.94. The first-order valence-corrected chi connectivity index (χ1v) is 3.86. The van der Waals surface area contributed by atoms with Gasteiger partial charge in [-0.1, -0.05) is 23.8 Å². The van der Waals surface area contributed by atoms with Crippen molar-refractivity contribution >= 4 is 6.21 Å². The van der Waals surface area contributed by atoms with Crippen LogP contribution in [0.3, 0.4) is 0 Å². The fourth-order valence-corrected chi connectivity index (χ4v) is 0.615. The minimum absolute atomic E-state index is 0.992. The van der Waals surface area contributed by atoms with E-state index in [2.05, 4.69) is 30.4 Å². The maximum Gasteiger partial charge on any atom is 0.142 e. The summed E-state index contributed by atoms with van der Waals surface area (Å²) in [6.07, 6.45) is 5.31. The zero-order valence-corrected chi connectivity index (χ0v) is 8.02. The highest BCUT2D eigenvalue weighted by atomic mass is 14.9. The van der Waals surface area contributed by atoms with Crippen LogP contribution >= 0.6 is 0 Å². The third-order valence-corrected chi connectivity index (χ3v) is 1.57. The molecule has 0 bridgehead atoms. The van der Waals surface area contributed by atoms with Gasteiger partial charge in [0.1, 0.15) is 20.3 Å². The van der Waals surface area contributed by atoms with E-state index in [4.69, 9.17) is 0 Å². The lowest BCUT2D eigenvalue weighted by atomic mass is 10.1. The van der Waals surface area contributed by atoms with E-state index >= 15 is 0 Å². The van der Waals surface area contributed by atoms with Crippen LogP contribution in [0.1, 0.15) is 20.3 Å². The van der Waals surface area contributed by atoms with Gasteiger partial charge in [0.2, 0.25) is 0 Å². The Morgan fingerprint density at radius 2 is 1.91 bits per heavy atom. The van der Waals surface area contributed by atoms with Crippen molar-refractivity contribution in [1.82, 2.24) is 0 Å². The Morgan fingerprint density at radius 3 is 2.27 bits per heavy atom. The molecule has 0 saturated carbocycles. The van der Waals surface area contributed by atoms with Crippen LogP contribution in [0, 0.1) is 0 Å². The zero-order valence-electron chi connectivity index (χ0n) is 8.02. The van der Waals surface area contributed by atoms with Crippen LogP contribution in [0.2, 0.25) is 0 Å². The van der Waals surface area contributed by atoms with Gasteiger partial charge in [0.05, 0.1) is 0 Å². The van der Waals surface area contributed by atoms with E-state index in [-0.39, 0.29) is 0 Å². The van der Waals surface area contributed by atoms with E-state index in [0.717, 1.165) is 12.0 Å². The summed E-state index contributed by atoms with van der Waals surface area (Å²) in [6, 6.07) is 0. The minimum atomic E-state index is 0.992. The van der Waals surface area contributed by atoms with Crippen molar-refractivity contribution in [2.24, 2.45) is 0 Å². The van der Waals surface area contributed by atoms with Gasteiger partial charge in [-0.05, 0) is 13.8 Å². The molecule has 11 heavy (non-hydrogen) atoms. The van der Waals surface area contributed by atoms with Crippen LogP contribution in [0.4, 0.5) is 0 Å². The molecule has 0 atom stereocenters. The third kappa shape index (κ3) is 5.59. The maximum atomic E-state index is 3.86. The highest BCUT2D eigenvalue weighted by Crippen LogP contribution is 2.04. The molecule has 0 saturated heterocycles. The van der Waals surface area contributed by atoms with Crippen molar-refractivity contribution < 1.29 is 4.58 Å². The highest BCUT2D eigenvalue weighted by molar-refractivity contribution is 5.54. The molecule has 0 aromatic carbocycles. The molecule has 0 aliphatic heterocycles. The Morgan fingerprint density at radius 1 is 1.36 bits per heavy atom. The van der Waals surface area contributed by atoms with Crippen LogP contribution < -0.4 is 0 Å². The highest BCUT2D eigenvalue weighted by Gasteiger charge is 1.88. The molecule has 0 heterocycles. The van der Waals surface area contributed by atoms with Gasteiger partial charge in [0.25, 0.3) is 0 Å². The van der Waals surface area contributed by atoms with Gasteiger partial charge in [0.15, 0.2) is 0 Å². The summed E-state index contributed by atoms with van der Waals surface area (Å²) < 4.78 is 2.06. The summed E-state index contributed by atoms with van der Waals surface area (Å²) in [6.45, 7) is 7.98. The standard InChI is InChI=1S/C10H18N/c1-9(2)10(3)7-6-8-11(4)5/h7-8H,1,6H2,2-5H3/q+1. The molecular weight excluding hydrogens is 134 g/mol. The molecule has 1 heteroatoms. The first-order valence-electron chi connectivity index (χ1n) is 3.86. The van der Waals surface area contributed by atoms with Crippen molar-refractivity contribution in [3.8, 4) is 0 Å². The average molecular weight is 152 g/mol. The van der Waals surface area contributed by atoms with E-state index in [9.17, 15) is 0 Å². The summed E-state index contributed by atoms with van der Waals surface area (Å²) >= 11 is 0. The van der Waals surface area contributed by atoms with Crippen molar-refractivity contribution in [2.45, 2.75) is 20.3 Å². The molecule has 0 aromatic rings. The van der Waals surface area contributed by atoms with Gasteiger partial charge in [-0.25, -0.2) is 4.58 Å². The number of nitrogens with zero attached hydrogens (tertiary/aromatic N) is 1. The molecule has 0 aromatic heterocycles. The average Bonchev–Trinajstić information content (AvgIpc) is 1.86.